The van der Waals surface area contributed by atoms with Gasteiger partial charge in [0.15, 0.2) is 5.78 Å². The van der Waals surface area contributed by atoms with Gasteiger partial charge in [-0.1, -0.05) is 0 Å². The number of ketones is 1. The zero-order valence-corrected chi connectivity index (χ0v) is 7.22. The Morgan fingerprint density at radius 2 is 2.21 bits per heavy atom. The van der Waals surface area contributed by atoms with Crippen molar-refractivity contribution in [2.24, 2.45) is 0 Å². The van der Waals surface area contributed by atoms with Crippen molar-refractivity contribution in [3.8, 4) is 0 Å². The van der Waals surface area contributed by atoms with E-state index in [0.29, 0.717) is 4.36 Å². The van der Waals surface area contributed by atoms with Crippen LogP contribution in [0.3, 0.4) is 0 Å². The second-order valence-electron chi connectivity index (χ2n) is 2.95. The number of benzene rings is 1. The van der Waals surface area contributed by atoms with Crippen LogP contribution in [0.2, 0.25) is 0 Å². The van der Waals surface area contributed by atoms with Gasteiger partial charge in [0, 0.05) is 6.07 Å². The lowest BCUT2D eigenvalue weighted by Crippen LogP contribution is -2.26. The number of fused-ring (bicyclic) bond motifs is 2. The summed E-state index contributed by atoms with van der Waals surface area (Å²) in [6.07, 6.45) is 0. The van der Waals surface area contributed by atoms with Gasteiger partial charge in [-0.3, -0.25) is 14.9 Å². The molecule has 0 radical (unpaired) electrons. The first-order valence-electron chi connectivity index (χ1n) is 3.85. The molecule has 0 unspecified atom stereocenters. The van der Waals surface area contributed by atoms with Crippen molar-refractivity contribution in [3.05, 3.63) is 33.3 Å². The van der Waals surface area contributed by atoms with Crippen molar-refractivity contribution in [2.45, 2.75) is 6.92 Å². The molecule has 6 heteroatoms. The molecule has 0 atom stereocenters. The first-order valence-corrected chi connectivity index (χ1v) is 3.85. The molecule has 0 spiro atoms. The SMILES string of the molecule is CC(=O)c1ccc2c([N+](=O)[O-])c1[n+]2=[N-]. The van der Waals surface area contributed by atoms with Crippen molar-refractivity contribution in [1.29, 1.82) is 0 Å². The van der Waals surface area contributed by atoms with Crippen LogP contribution in [0.25, 0.3) is 16.6 Å². The molecule has 2 heterocycles. The Kier molecular flexibility index (Phi) is 1.48. The number of hydrogen-bond acceptors (Lipinski definition) is 3. The second-order valence-corrected chi connectivity index (χ2v) is 2.95. The van der Waals surface area contributed by atoms with Gasteiger partial charge < -0.3 is 5.53 Å². The highest BCUT2D eigenvalue weighted by molar-refractivity contribution is 6.05. The van der Waals surface area contributed by atoms with Crippen LogP contribution in [-0.4, -0.2) is 10.7 Å². The number of non-ortho nitro benzene ring substituents is 1. The molecule has 0 aliphatic rings. The van der Waals surface area contributed by atoms with E-state index in [4.69, 9.17) is 0 Å². The molecule has 0 amide bonds. The van der Waals surface area contributed by atoms with Crippen LogP contribution in [0.15, 0.2) is 12.1 Å². The quantitative estimate of drug-likeness (QED) is 0.307. The van der Waals surface area contributed by atoms with Crippen LogP contribution in [0, 0.1) is 10.1 Å². The summed E-state index contributed by atoms with van der Waals surface area (Å²) in [7, 11) is 0. The molecule has 0 saturated heterocycles. The maximum Gasteiger partial charge on any atom is 0.410 e. The minimum atomic E-state index is -0.607. The summed E-state index contributed by atoms with van der Waals surface area (Å²) in [5.41, 5.74) is 9.35. The number of rotatable bonds is 2. The number of nitro benzene ring substituents is 1. The fraction of sp³-hybridized carbons (Fsp3) is 0.125. The van der Waals surface area contributed by atoms with Crippen LogP contribution in [0.5, 0.6) is 0 Å². The lowest BCUT2D eigenvalue weighted by atomic mass is 10.1. The van der Waals surface area contributed by atoms with Crippen LogP contribution in [0.4, 0.5) is 5.69 Å². The fourth-order valence-corrected chi connectivity index (χ4v) is 1.49. The fourth-order valence-electron chi connectivity index (χ4n) is 1.49. The molecule has 1 aromatic carbocycles. The molecule has 6 nitrogen and oxygen atoms in total. The average Bonchev–Trinajstić information content (AvgIpc) is 2.14. The predicted octanol–water partition coefficient (Wildman–Crippen LogP) is 0.996. The predicted molar refractivity (Wildman–Crippen MR) is 46.3 cm³/mol. The van der Waals surface area contributed by atoms with Crippen LogP contribution < -0.4 is 4.36 Å². The van der Waals surface area contributed by atoms with Crippen molar-refractivity contribution < 1.29 is 14.1 Å². The van der Waals surface area contributed by atoms with Gasteiger partial charge in [-0.2, -0.15) is 0 Å². The number of carbonyl (C=O) groups is 1. The molecule has 14 heavy (non-hydrogen) atoms. The highest BCUT2D eigenvalue weighted by atomic mass is 16.6. The summed E-state index contributed by atoms with van der Waals surface area (Å²) in [4.78, 5) is 21.0. The number of pyridine rings is 1. The molecule has 3 rings (SSSR count). The van der Waals surface area contributed by atoms with Gasteiger partial charge in [-0.15, -0.1) is 0 Å². The van der Waals surface area contributed by atoms with E-state index in [1.54, 1.807) is 0 Å². The molecule has 2 aromatic heterocycles. The Bertz CT molecular complexity index is 557. The van der Waals surface area contributed by atoms with Crippen LogP contribution >= 0.6 is 0 Å². The van der Waals surface area contributed by atoms with Gasteiger partial charge in [0.2, 0.25) is 0 Å². The lowest BCUT2D eigenvalue weighted by molar-refractivity contribution is -0.478. The standard InChI is InChI=1S/C8H5N3O3/c1-4(12)5-2-3-6-8(11(13)14)7(5)10(6)9/h2-3H,1H3. The van der Waals surface area contributed by atoms with E-state index in [1.807, 2.05) is 0 Å². The summed E-state index contributed by atoms with van der Waals surface area (Å²) in [5, 5.41) is 10.5. The highest BCUT2D eigenvalue weighted by Crippen LogP contribution is 2.29. The first-order chi connectivity index (χ1) is 6.54. The van der Waals surface area contributed by atoms with Gasteiger partial charge in [0.05, 0.1) is 10.5 Å². The molecule has 0 aliphatic heterocycles. The van der Waals surface area contributed by atoms with E-state index in [1.165, 1.54) is 19.1 Å². The second kappa shape index (κ2) is 2.44. The summed E-state index contributed by atoms with van der Waals surface area (Å²) >= 11 is 0. The number of nitro groups is 1. The third-order valence-corrected chi connectivity index (χ3v) is 2.13. The molecule has 3 aromatic rings. The largest absolute Gasteiger partial charge is 0.493 e. The van der Waals surface area contributed by atoms with Crippen molar-refractivity contribution in [1.82, 2.24) is 0 Å². The average molecular weight is 191 g/mol. The van der Waals surface area contributed by atoms with Crippen LogP contribution in [0.1, 0.15) is 17.3 Å². The monoisotopic (exact) mass is 191 g/mol. The Hall–Kier alpha value is -2.11. The van der Waals surface area contributed by atoms with Gasteiger partial charge in [0.1, 0.15) is 0 Å². The van der Waals surface area contributed by atoms with Crippen molar-refractivity contribution in [3.63, 3.8) is 0 Å². The number of aromatic nitrogens is 1. The van der Waals surface area contributed by atoms with E-state index in [9.17, 15) is 20.4 Å². The molecule has 0 fully saturated rings. The summed E-state index contributed by atoms with van der Waals surface area (Å²) in [6.45, 7) is 1.29. The van der Waals surface area contributed by atoms with E-state index in [0.717, 1.165) is 0 Å². The number of nitrogens with zero attached hydrogens (tertiary/aromatic N) is 3. The Balaban J connectivity index is 2.84. The maximum absolute atomic E-state index is 11.1. The van der Waals surface area contributed by atoms with E-state index in [-0.39, 0.29) is 28.1 Å². The summed E-state index contributed by atoms with van der Waals surface area (Å²) < 4.78 is 0.662. The molecule has 0 aliphatic carbocycles. The molecular weight excluding hydrogens is 186 g/mol. The normalized spacial score (nSPS) is 10.9. The molecule has 0 saturated carbocycles. The third kappa shape index (κ3) is 0.819. The van der Waals surface area contributed by atoms with Gasteiger partial charge >= 0.3 is 5.69 Å². The van der Waals surface area contributed by atoms with Crippen molar-refractivity contribution in [2.75, 3.05) is 0 Å². The highest BCUT2D eigenvalue weighted by Gasteiger charge is 2.35. The van der Waals surface area contributed by atoms with Gasteiger partial charge in [0.25, 0.3) is 11.0 Å². The Morgan fingerprint density at radius 3 is 2.64 bits per heavy atom. The van der Waals surface area contributed by atoms with E-state index < -0.39 is 4.92 Å². The molecular formula is C8H5N3O3. The maximum atomic E-state index is 11.1. The van der Waals surface area contributed by atoms with E-state index in [2.05, 4.69) is 0 Å². The van der Waals surface area contributed by atoms with Gasteiger partial charge in [-0.05, 0) is 13.0 Å². The molecule has 70 valence electrons. The topological polar surface area (TPSA) is 88.4 Å². The van der Waals surface area contributed by atoms with Gasteiger partial charge in [-0.25, -0.2) is 4.36 Å². The van der Waals surface area contributed by atoms with Crippen LogP contribution in [-0.2, 0) is 0 Å². The lowest BCUT2D eigenvalue weighted by Gasteiger charge is -2.05. The molecule has 2 bridgehead atoms. The number of carbonyl (C=O) groups excluding carboxylic acids is 1. The Morgan fingerprint density at radius 1 is 1.57 bits per heavy atom. The summed E-state index contributed by atoms with van der Waals surface area (Å²) in [5.74, 6) is -0.312. The number of hydrogen-bond donors (Lipinski definition) is 0. The summed E-state index contributed by atoms with van der Waals surface area (Å²) in [6, 6.07) is 2.81. The van der Waals surface area contributed by atoms with Crippen molar-refractivity contribution >= 4 is 22.5 Å². The zero-order valence-electron chi connectivity index (χ0n) is 7.22. The first kappa shape index (κ1) is 8.49. The smallest absolute Gasteiger partial charge is 0.410 e. The molecule has 0 N–H and O–H groups in total. The zero-order chi connectivity index (χ0) is 10.5. The number of Topliss-reactive ketones (excluding diaryl/α,β-unsaturated/α-hetero) is 1. The minimum Gasteiger partial charge on any atom is -0.493 e. The minimum absolute atomic E-state index is 0.0139. The Labute approximate surface area is 77.7 Å². The van der Waals surface area contributed by atoms with E-state index >= 15 is 0 Å². The third-order valence-electron chi connectivity index (χ3n) is 2.13.